The summed E-state index contributed by atoms with van der Waals surface area (Å²) in [5, 5.41) is 0.840. The summed E-state index contributed by atoms with van der Waals surface area (Å²) in [4.78, 5) is 22.5. The van der Waals surface area contributed by atoms with Crippen LogP contribution < -0.4 is 9.47 Å². The third kappa shape index (κ3) is 8.11. The van der Waals surface area contributed by atoms with E-state index < -0.39 is 23.5 Å². The van der Waals surface area contributed by atoms with Gasteiger partial charge >= 0.3 is 12.4 Å². The van der Waals surface area contributed by atoms with Gasteiger partial charge in [0, 0.05) is 35.5 Å². The second-order valence-corrected chi connectivity index (χ2v) is 11.8. The molecule has 0 atom stereocenters. The summed E-state index contributed by atoms with van der Waals surface area (Å²) in [6, 6.07) is 13.2. The molecule has 0 unspecified atom stereocenters. The minimum Gasteiger partial charge on any atom is -0.497 e. The van der Waals surface area contributed by atoms with E-state index in [-0.39, 0.29) is 11.0 Å². The number of H-pyrrole nitrogens is 2. The maximum absolute atomic E-state index is 13.0. The number of halogens is 6. The zero-order chi connectivity index (χ0) is 33.8. The van der Waals surface area contributed by atoms with Gasteiger partial charge in [-0.3, -0.25) is 9.97 Å². The molecule has 0 aliphatic carbocycles. The molecule has 6 rings (SSSR count). The average molecular weight is 693 g/mol. The lowest BCUT2D eigenvalue weighted by Gasteiger charge is -2.08. The number of para-hydroxylation sites is 2. The Morgan fingerprint density at radius 1 is 0.702 bits per heavy atom. The predicted molar refractivity (Wildman–Crippen MR) is 168 cm³/mol. The Bertz CT molecular complexity index is 1990. The van der Waals surface area contributed by atoms with E-state index in [2.05, 4.69) is 29.9 Å². The number of nitrogens with zero attached hydrogens (tertiary/aromatic N) is 4. The predicted octanol–water partition coefficient (Wildman–Crippen LogP) is 8.86. The van der Waals surface area contributed by atoms with E-state index >= 15 is 0 Å². The average Bonchev–Trinajstić information content (AvgIpc) is 3.66. The zero-order valence-electron chi connectivity index (χ0n) is 25.0. The van der Waals surface area contributed by atoms with Gasteiger partial charge in [-0.2, -0.15) is 26.3 Å². The second-order valence-electron chi connectivity index (χ2n) is 9.83. The van der Waals surface area contributed by atoms with Crippen LogP contribution in [0.1, 0.15) is 28.1 Å². The quantitative estimate of drug-likeness (QED) is 0.121. The van der Waals surface area contributed by atoms with Crippen LogP contribution in [0.15, 0.2) is 77.3 Å². The Balaban J connectivity index is 0.000000185. The maximum atomic E-state index is 13.0. The third-order valence-corrected chi connectivity index (χ3v) is 8.59. The number of thioether (sulfide) groups is 2. The van der Waals surface area contributed by atoms with Crippen LogP contribution in [0.2, 0.25) is 0 Å². The summed E-state index contributed by atoms with van der Waals surface area (Å²) in [7, 11) is 3.14. The van der Waals surface area contributed by atoms with Crippen LogP contribution in [0.5, 0.6) is 11.5 Å². The summed E-state index contributed by atoms with van der Waals surface area (Å²) in [6.07, 6.45) is -5.59. The molecule has 0 aliphatic heterocycles. The minimum absolute atomic E-state index is 0.0668. The van der Waals surface area contributed by atoms with Gasteiger partial charge in [-0.1, -0.05) is 35.7 Å². The molecule has 2 aromatic carbocycles. The monoisotopic (exact) mass is 692 g/mol. The maximum Gasteiger partial charge on any atom is 0.418 e. The molecule has 47 heavy (non-hydrogen) atoms. The van der Waals surface area contributed by atoms with Gasteiger partial charge in [-0.05, 0) is 43.3 Å². The first-order valence-electron chi connectivity index (χ1n) is 13.7. The van der Waals surface area contributed by atoms with Crippen LogP contribution in [0.4, 0.5) is 26.3 Å². The summed E-state index contributed by atoms with van der Waals surface area (Å²) < 4.78 is 88.4. The number of rotatable bonds is 8. The van der Waals surface area contributed by atoms with Gasteiger partial charge in [0.15, 0.2) is 10.3 Å². The molecule has 6 aromatic rings. The normalized spacial score (nSPS) is 11.9. The minimum atomic E-state index is -4.43. The molecule has 0 radical (unpaired) electrons. The highest BCUT2D eigenvalue weighted by Crippen LogP contribution is 2.36. The lowest BCUT2D eigenvalue weighted by Crippen LogP contribution is -2.05. The number of nitrogens with one attached hydrogen (secondary N) is 2. The van der Waals surface area contributed by atoms with E-state index in [9.17, 15) is 26.3 Å². The number of aromatic amines is 2. The first-order chi connectivity index (χ1) is 22.4. The van der Waals surface area contributed by atoms with Gasteiger partial charge in [-0.25, -0.2) is 9.97 Å². The standard InChI is InChI=1S/C16H14F3N3OS.C15H12F3N3OS/c1-9-12(20-7-6-13(9)23-2)8-24-15-21-11-5-3-4-10(14(11)22-15)16(17,18)19;1-22-10-5-6-19-9(7-10)8-23-14-20-12-4-2-3-11(13(12)21-14)15(16,17)18/h3-7H,8H2,1-2H3,(H,21,22);2-7H,8H2,1H3,(H,20,21). The molecule has 0 fully saturated rings. The highest BCUT2D eigenvalue weighted by molar-refractivity contribution is 7.98. The molecule has 246 valence electrons. The highest BCUT2D eigenvalue weighted by atomic mass is 32.2. The van der Waals surface area contributed by atoms with Crippen LogP contribution in [-0.2, 0) is 23.9 Å². The smallest absolute Gasteiger partial charge is 0.418 e. The molecular formula is C31H26F6N6O2S2. The first-order valence-corrected chi connectivity index (χ1v) is 15.7. The largest absolute Gasteiger partial charge is 0.497 e. The number of alkyl halides is 6. The van der Waals surface area contributed by atoms with E-state index in [0.29, 0.717) is 38.6 Å². The fourth-order valence-corrected chi connectivity index (χ4v) is 6.16. The summed E-state index contributed by atoms with van der Waals surface area (Å²) in [5.41, 5.74) is 1.57. The van der Waals surface area contributed by atoms with E-state index in [1.165, 1.54) is 35.7 Å². The number of pyridine rings is 2. The van der Waals surface area contributed by atoms with Crippen LogP contribution in [0, 0.1) is 6.92 Å². The van der Waals surface area contributed by atoms with Gasteiger partial charge in [0.25, 0.3) is 0 Å². The zero-order valence-corrected chi connectivity index (χ0v) is 26.6. The number of hydrogen-bond donors (Lipinski definition) is 2. The Hall–Kier alpha value is -4.44. The van der Waals surface area contributed by atoms with E-state index in [1.54, 1.807) is 56.9 Å². The Labute approximate surface area is 272 Å². The topological polar surface area (TPSA) is 102 Å². The van der Waals surface area contributed by atoms with Crippen molar-refractivity contribution in [2.24, 2.45) is 0 Å². The molecule has 0 saturated carbocycles. The van der Waals surface area contributed by atoms with Gasteiger partial charge in [0.1, 0.15) is 22.5 Å². The SMILES string of the molecule is COc1ccnc(CSc2nc3c(C(F)(F)F)cccc3[nH]2)c1.COc1ccnc(CSc2nc3c(C(F)(F)F)cccc3[nH]2)c1C. The number of methoxy groups -OCH3 is 2. The van der Waals surface area contributed by atoms with Crippen molar-refractivity contribution in [2.45, 2.75) is 41.1 Å². The Morgan fingerprint density at radius 2 is 1.26 bits per heavy atom. The lowest BCUT2D eigenvalue weighted by atomic mass is 10.2. The van der Waals surface area contributed by atoms with Crippen molar-refractivity contribution in [3.8, 4) is 11.5 Å². The van der Waals surface area contributed by atoms with Gasteiger partial charge in [0.2, 0.25) is 0 Å². The van der Waals surface area contributed by atoms with Crippen LogP contribution in [0.3, 0.4) is 0 Å². The molecule has 4 heterocycles. The molecule has 0 spiro atoms. The molecule has 16 heteroatoms. The number of hydrogen-bond acceptors (Lipinski definition) is 8. The Kier molecular flexibility index (Phi) is 10.2. The van der Waals surface area contributed by atoms with Crippen molar-refractivity contribution >= 4 is 45.6 Å². The van der Waals surface area contributed by atoms with Crippen molar-refractivity contribution in [3.05, 3.63) is 95.1 Å². The summed E-state index contributed by atoms with van der Waals surface area (Å²) >= 11 is 2.59. The second kappa shape index (κ2) is 14.1. The van der Waals surface area contributed by atoms with Crippen LogP contribution >= 0.6 is 23.5 Å². The van der Waals surface area contributed by atoms with Crippen molar-refractivity contribution in [2.75, 3.05) is 14.2 Å². The van der Waals surface area contributed by atoms with E-state index in [1.807, 2.05) is 6.92 Å². The number of benzene rings is 2. The highest BCUT2D eigenvalue weighted by Gasteiger charge is 2.34. The molecule has 0 bridgehead atoms. The lowest BCUT2D eigenvalue weighted by molar-refractivity contribution is -0.137. The van der Waals surface area contributed by atoms with Crippen molar-refractivity contribution in [3.63, 3.8) is 0 Å². The van der Waals surface area contributed by atoms with E-state index in [4.69, 9.17) is 9.47 Å². The van der Waals surface area contributed by atoms with Crippen LogP contribution in [0.25, 0.3) is 22.1 Å². The number of fused-ring (bicyclic) bond motifs is 2. The number of imidazole rings is 2. The van der Waals surface area contributed by atoms with Gasteiger partial charge in [-0.15, -0.1) is 0 Å². The molecule has 4 aromatic heterocycles. The van der Waals surface area contributed by atoms with Crippen molar-refractivity contribution < 1.29 is 35.8 Å². The molecule has 2 N–H and O–H groups in total. The fourth-order valence-electron chi connectivity index (χ4n) is 4.48. The molecule has 0 aliphatic rings. The first kappa shape index (κ1) is 33.9. The summed E-state index contributed by atoms with van der Waals surface area (Å²) in [5.74, 6) is 2.35. The molecular weight excluding hydrogens is 667 g/mol. The Morgan fingerprint density at radius 3 is 1.79 bits per heavy atom. The molecule has 0 amide bonds. The fraction of sp³-hybridized carbons (Fsp3) is 0.226. The van der Waals surface area contributed by atoms with Crippen LogP contribution in [-0.4, -0.2) is 44.1 Å². The number of ether oxygens (including phenoxy) is 2. The molecule has 0 saturated heterocycles. The van der Waals surface area contributed by atoms with Crippen molar-refractivity contribution in [1.29, 1.82) is 0 Å². The molecule has 8 nitrogen and oxygen atoms in total. The van der Waals surface area contributed by atoms with E-state index in [0.717, 1.165) is 34.8 Å². The number of aromatic nitrogens is 6. The third-order valence-electron chi connectivity index (χ3n) is 6.80. The van der Waals surface area contributed by atoms with Crippen molar-refractivity contribution in [1.82, 2.24) is 29.9 Å². The van der Waals surface area contributed by atoms with Gasteiger partial charge in [0.05, 0.1) is 47.8 Å². The summed E-state index contributed by atoms with van der Waals surface area (Å²) in [6.45, 7) is 1.89. The van der Waals surface area contributed by atoms with Gasteiger partial charge < -0.3 is 19.4 Å².